The Morgan fingerprint density at radius 2 is 1.62 bits per heavy atom. The summed E-state index contributed by atoms with van der Waals surface area (Å²) in [4.78, 5) is 22.0. The molecule has 5 rings (SSSR count). The van der Waals surface area contributed by atoms with Crippen LogP contribution in [0.25, 0.3) is 10.8 Å². The van der Waals surface area contributed by atoms with Crippen molar-refractivity contribution in [3.63, 3.8) is 0 Å². The van der Waals surface area contributed by atoms with Crippen molar-refractivity contribution in [2.75, 3.05) is 0 Å². The number of carbonyl (C=O) groups is 1. The van der Waals surface area contributed by atoms with Crippen LogP contribution in [0.15, 0.2) is 103 Å². The molecule has 7 heteroatoms. The monoisotopic (exact) mass is 550 g/mol. The highest BCUT2D eigenvalue weighted by Crippen LogP contribution is 2.28. The Bertz CT molecular complexity index is 1590. The molecule has 5 aromatic rings. The molecule has 2 aromatic heterocycles. The fraction of sp³-hybridized carbons (Fsp3) is 0.242. The summed E-state index contributed by atoms with van der Waals surface area (Å²) in [6.45, 7) is 7.75. The average Bonchev–Trinajstić information content (AvgIpc) is 3.33. The lowest BCUT2D eigenvalue weighted by atomic mass is 10.0. The number of fused-ring (bicyclic) bond motifs is 1. The van der Waals surface area contributed by atoms with Crippen LogP contribution in [0.3, 0.4) is 0 Å². The predicted octanol–water partition coefficient (Wildman–Crippen LogP) is 7.02. The van der Waals surface area contributed by atoms with E-state index in [4.69, 9.17) is 9.72 Å². The van der Waals surface area contributed by atoms with Crippen molar-refractivity contribution in [1.29, 1.82) is 0 Å². The Morgan fingerprint density at radius 3 is 2.45 bits per heavy atom. The average molecular weight is 551 g/mol. The lowest BCUT2D eigenvalue weighted by Gasteiger charge is -2.20. The van der Waals surface area contributed by atoms with Gasteiger partial charge >= 0.3 is 5.97 Å². The van der Waals surface area contributed by atoms with Crippen molar-refractivity contribution < 1.29 is 9.53 Å². The van der Waals surface area contributed by atoms with Crippen LogP contribution in [0.4, 0.5) is 0 Å². The largest absolute Gasteiger partial charge is 0.456 e. The number of thioether (sulfide) groups is 1. The first-order valence-electron chi connectivity index (χ1n) is 13.4. The Kier molecular flexibility index (Phi) is 8.63. The second-order valence-electron chi connectivity index (χ2n) is 10.7. The Morgan fingerprint density at radius 1 is 0.900 bits per heavy atom. The zero-order valence-corrected chi connectivity index (χ0v) is 23.9. The van der Waals surface area contributed by atoms with E-state index < -0.39 is 5.60 Å². The summed E-state index contributed by atoms with van der Waals surface area (Å²) in [6.07, 6.45) is 5.74. The van der Waals surface area contributed by atoms with Crippen molar-refractivity contribution in [2.24, 2.45) is 0 Å². The van der Waals surface area contributed by atoms with Crippen LogP contribution in [0.2, 0.25) is 0 Å². The number of rotatable bonds is 10. The first-order valence-corrected chi connectivity index (χ1v) is 14.4. The fourth-order valence-electron chi connectivity index (χ4n) is 4.53. The maximum atomic E-state index is 12.9. The smallest absolute Gasteiger partial charge is 0.338 e. The summed E-state index contributed by atoms with van der Waals surface area (Å²) in [5, 5.41) is 6.87. The van der Waals surface area contributed by atoms with Gasteiger partial charge in [-0.2, -0.15) is 0 Å². The molecule has 0 atom stereocenters. The van der Waals surface area contributed by atoms with Gasteiger partial charge in [-0.1, -0.05) is 72.4 Å². The van der Waals surface area contributed by atoms with E-state index in [1.807, 2.05) is 57.2 Å². The Balaban J connectivity index is 1.38. The fourth-order valence-corrected chi connectivity index (χ4v) is 5.54. The number of imidazole rings is 1. The zero-order valence-electron chi connectivity index (χ0n) is 23.1. The normalized spacial score (nSPS) is 11.6. The minimum atomic E-state index is -0.551. The van der Waals surface area contributed by atoms with E-state index in [-0.39, 0.29) is 5.97 Å². The molecule has 3 aromatic carbocycles. The summed E-state index contributed by atoms with van der Waals surface area (Å²) in [5.41, 5.74) is 4.36. The molecule has 0 aliphatic rings. The molecular weight excluding hydrogens is 516 g/mol. The lowest BCUT2D eigenvalue weighted by molar-refractivity contribution is 0.00686. The molecule has 1 N–H and O–H groups in total. The first-order chi connectivity index (χ1) is 19.4. The summed E-state index contributed by atoms with van der Waals surface area (Å²) in [7, 11) is 0. The van der Waals surface area contributed by atoms with Crippen LogP contribution in [0, 0.1) is 0 Å². The van der Waals surface area contributed by atoms with Crippen LogP contribution in [0.5, 0.6) is 0 Å². The van der Waals surface area contributed by atoms with Gasteiger partial charge in [-0.3, -0.25) is 4.98 Å². The van der Waals surface area contributed by atoms with E-state index in [0.29, 0.717) is 24.4 Å². The zero-order chi connectivity index (χ0) is 28.0. The molecular formula is C33H34N4O2S. The predicted molar refractivity (Wildman–Crippen MR) is 161 cm³/mol. The maximum absolute atomic E-state index is 12.9. The summed E-state index contributed by atoms with van der Waals surface area (Å²) in [6, 6.07) is 26.6. The second kappa shape index (κ2) is 12.5. The molecule has 2 heterocycles. The van der Waals surface area contributed by atoms with Gasteiger partial charge < -0.3 is 14.6 Å². The van der Waals surface area contributed by atoms with Gasteiger partial charge in [-0.25, -0.2) is 9.78 Å². The van der Waals surface area contributed by atoms with E-state index in [1.54, 1.807) is 24.2 Å². The number of hydrogen-bond acceptors (Lipinski definition) is 6. The number of hydrogen-bond donors (Lipinski definition) is 1. The summed E-state index contributed by atoms with van der Waals surface area (Å²) < 4.78 is 7.88. The molecule has 0 fully saturated rings. The lowest BCUT2D eigenvalue weighted by Crippen LogP contribution is -2.24. The molecule has 6 nitrogen and oxygen atoms in total. The number of nitrogens with one attached hydrogen (secondary N) is 1. The van der Waals surface area contributed by atoms with Crippen molar-refractivity contribution >= 4 is 28.5 Å². The van der Waals surface area contributed by atoms with Gasteiger partial charge in [0.15, 0.2) is 5.16 Å². The molecule has 0 saturated heterocycles. The Labute approximate surface area is 239 Å². The molecule has 0 spiro atoms. The minimum Gasteiger partial charge on any atom is -0.456 e. The van der Waals surface area contributed by atoms with Crippen LogP contribution in [-0.2, 0) is 30.1 Å². The molecule has 0 amide bonds. The third-order valence-corrected chi connectivity index (χ3v) is 7.43. The van der Waals surface area contributed by atoms with Crippen molar-refractivity contribution in [3.8, 4) is 0 Å². The molecule has 0 unspecified atom stereocenters. The topological polar surface area (TPSA) is 69.0 Å². The molecule has 204 valence electrons. The molecule has 0 bridgehead atoms. The number of nitrogens with zero attached hydrogens (tertiary/aromatic N) is 3. The van der Waals surface area contributed by atoms with Crippen LogP contribution < -0.4 is 5.32 Å². The highest BCUT2D eigenvalue weighted by atomic mass is 32.2. The van der Waals surface area contributed by atoms with Crippen molar-refractivity contribution in [1.82, 2.24) is 19.9 Å². The van der Waals surface area contributed by atoms with Crippen molar-refractivity contribution in [2.45, 2.75) is 56.9 Å². The third kappa shape index (κ3) is 7.17. The number of benzene rings is 3. The SMILES string of the molecule is CC(C)(C)OC(=O)c1ccccc1CSc1nc(CNCc2ccncc2)cn1Cc1cccc2ccccc12. The molecule has 0 radical (unpaired) electrons. The molecule has 0 saturated carbocycles. The van der Waals surface area contributed by atoms with Crippen LogP contribution >= 0.6 is 11.8 Å². The number of carbonyl (C=O) groups excluding carboxylic acids is 1. The summed E-state index contributed by atoms with van der Waals surface area (Å²) >= 11 is 1.63. The molecule has 0 aliphatic heterocycles. The number of esters is 1. The van der Waals surface area contributed by atoms with E-state index in [2.05, 4.69) is 63.5 Å². The quantitative estimate of drug-likeness (QED) is 0.149. The molecule has 0 aliphatic carbocycles. The minimum absolute atomic E-state index is 0.302. The Hall–Kier alpha value is -3.94. The summed E-state index contributed by atoms with van der Waals surface area (Å²) in [5.74, 6) is 0.301. The number of aromatic nitrogens is 3. The second-order valence-corrected chi connectivity index (χ2v) is 11.6. The van der Waals surface area contributed by atoms with E-state index in [0.717, 1.165) is 23.0 Å². The number of ether oxygens (including phenoxy) is 1. The van der Waals surface area contributed by atoms with Gasteiger partial charge in [0, 0.05) is 37.4 Å². The van der Waals surface area contributed by atoms with Crippen LogP contribution in [0.1, 0.15) is 53.5 Å². The van der Waals surface area contributed by atoms with E-state index in [1.165, 1.54) is 21.9 Å². The van der Waals surface area contributed by atoms with Crippen LogP contribution in [-0.4, -0.2) is 26.1 Å². The van der Waals surface area contributed by atoms with E-state index in [9.17, 15) is 4.79 Å². The first kappa shape index (κ1) is 27.6. The maximum Gasteiger partial charge on any atom is 0.338 e. The van der Waals surface area contributed by atoms with Gasteiger partial charge in [0.25, 0.3) is 0 Å². The highest BCUT2D eigenvalue weighted by molar-refractivity contribution is 7.98. The van der Waals surface area contributed by atoms with Crippen molar-refractivity contribution in [3.05, 3.63) is 125 Å². The van der Waals surface area contributed by atoms with Gasteiger partial charge in [-0.15, -0.1) is 0 Å². The number of pyridine rings is 1. The van der Waals surface area contributed by atoms with Gasteiger partial charge in [-0.05, 0) is 66.4 Å². The van der Waals surface area contributed by atoms with Gasteiger partial charge in [0.2, 0.25) is 0 Å². The third-order valence-electron chi connectivity index (χ3n) is 6.39. The highest BCUT2D eigenvalue weighted by Gasteiger charge is 2.20. The van der Waals surface area contributed by atoms with Gasteiger partial charge in [0.1, 0.15) is 5.60 Å². The molecule has 40 heavy (non-hydrogen) atoms. The standard InChI is InChI=1S/C33H34N4O2S/c1-33(2,3)39-31(38)30-14-7-5-10-27(30)23-40-32-36-28(20-35-19-24-15-17-34-18-16-24)22-37(32)21-26-12-8-11-25-9-4-6-13-29(25)26/h4-18,22,35H,19-21,23H2,1-3H3. The van der Waals surface area contributed by atoms with E-state index >= 15 is 0 Å². The van der Waals surface area contributed by atoms with Gasteiger partial charge in [0.05, 0.1) is 17.8 Å².